The van der Waals surface area contributed by atoms with Gasteiger partial charge in [-0.3, -0.25) is 0 Å². The van der Waals surface area contributed by atoms with Crippen molar-refractivity contribution in [2.24, 2.45) is 0 Å². The topological polar surface area (TPSA) is 70.6 Å². The number of rotatable bonds is 6. The number of hydrogen-bond acceptors (Lipinski definition) is 5. The van der Waals surface area contributed by atoms with E-state index in [2.05, 4.69) is 20.2 Å². The van der Waals surface area contributed by atoms with E-state index in [9.17, 15) is 4.79 Å². The smallest absolute Gasteiger partial charge is 0.321 e. The lowest BCUT2D eigenvalue weighted by atomic mass is 10.2. The van der Waals surface area contributed by atoms with Crippen molar-refractivity contribution >= 4 is 22.8 Å². The van der Waals surface area contributed by atoms with Gasteiger partial charge in [0.2, 0.25) is 0 Å². The minimum absolute atomic E-state index is 0.108. The fourth-order valence-corrected chi connectivity index (χ4v) is 3.14. The third kappa shape index (κ3) is 5.14. The zero-order valence-electron chi connectivity index (χ0n) is 16.7. The monoisotopic (exact) mass is 371 g/mol. The number of hydrogen-bond donors (Lipinski definition) is 1. The summed E-state index contributed by atoms with van der Waals surface area (Å²) in [5.41, 5.74) is 4.17. The van der Waals surface area contributed by atoms with Gasteiger partial charge in [0.05, 0.1) is 28.5 Å². The Morgan fingerprint density at radius 1 is 1.19 bits per heavy atom. The second kappa shape index (κ2) is 8.63. The van der Waals surface area contributed by atoms with Crippen LogP contribution in [0.25, 0.3) is 11.0 Å². The number of fused-ring (bicyclic) bond motifs is 1. The molecule has 2 aromatic rings. The predicted molar refractivity (Wildman–Crippen MR) is 107 cm³/mol. The van der Waals surface area contributed by atoms with Gasteiger partial charge in [-0.1, -0.05) is 0 Å². The van der Waals surface area contributed by atoms with Crippen LogP contribution in [0.15, 0.2) is 18.2 Å². The molecule has 1 aromatic carbocycles. The lowest BCUT2D eigenvalue weighted by molar-refractivity contribution is 0.0820. The number of likely N-dealkylation sites (N-methyl/N-ethyl adjacent to an activating group) is 1. The van der Waals surface area contributed by atoms with Crippen molar-refractivity contribution in [3.05, 3.63) is 29.6 Å². The van der Waals surface area contributed by atoms with E-state index in [1.165, 1.54) is 0 Å². The molecule has 0 radical (unpaired) electrons. The molecular formula is C20H29N5O2. The number of anilines is 1. The Hall–Kier alpha value is -2.25. The quantitative estimate of drug-likeness (QED) is 0.845. The van der Waals surface area contributed by atoms with Crippen molar-refractivity contribution in [1.82, 2.24) is 19.8 Å². The highest BCUT2D eigenvalue weighted by atomic mass is 16.5. The van der Waals surface area contributed by atoms with Crippen LogP contribution in [-0.4, -0.2) is 72.2 Å². The Balaban J connectivity index is 1.72. The average molecular weight is 371 g/mol. The molecule has 2 amide bonds. The van der Waals surface area contributed by atoms with E-state index in [1.807, 2.05) is 51.0 Å². The summed E-state index contributed by atoms with van der Waals surface area (Å²) in [6, 6.07) is 5.54. The zero-order chi connectivity index (χ0) is 19.4. The van der Waals surface area contributed by atoms with Crippen molar-refractivity contribution < 1.29 is 9.53 Å². The van der Waals surface area contributed by atoms with Crippen LogP contribution < -0.4 is 5.32 Å². The highest BCUT2D eigenvalue weighted by Gasteiger charge is 2.22. The molecule has 7 heteroatoms. The number of nitrogens with one attached hydrogen (secondary N) is 1. The van der Waals surface area contributed by atoms with Crippen LogP contribution in [0.3, 0.4) is 0 Å². The summed E-state index contributed by atoms with van der Waals surface area (Å²) >= 11 is 0. The summed E-state index contributed by atoms with van der Waals surface area (Å²) in [7, 11) is 4.02. The molecule has 1 aliphatic heterocycles. The van der Waals surface area contributed by atoms with E-state index in [1.54, 1.807) is 0 Å². The summed E-state index contributed by atoms with van der Waals surface area (Å²) < 4.78 is 5.72. The van der Waals surface area contributed by atoms with Gasteiger partial charge in [0.15, 0.2) is 0 Å². The standard InChI is InChI=1S/C20H29N5O2/c1-14-15(2)22-19-12-16(7-8-18(19)21-14)23-20(26)25(10-9-24(3)4)13-17-6-5-11-27-17/h7-8,12,17H,5-6,9-11,13H2,1-4H3,(H,23,26). The molecule has 1 N–H and O–H groups in total. The maximum Gasteiger partial charge on any atom is 0.321 e. The average Bonchev–Trinajstić information content (AvgIpc) is 3.12. The maximum absolute atomic E-state index is 12.9. The molecule has 0 saturated carbocycles. The van der Waals surface area contributed by atoms with Gasteiger partial charge in [0, 0.05) is 31.9 Å². The molecule has 1 fully saturated rings. The van der Waals surface area contributed by atoms with Gasteiger partial charge in [-0.2, -0.15) is 0 Å². The van der Waals surface area contributed by atoms with Crippen LogP contribution in [0.1, 0.15) is 24.2 Å². The fourth-order valence-electron chi connectivity index (χ4n) is 3.14. The Morgan fingerprint density at radius 2 is 1.93 bits per heavy atom. The molecule has 0 aliphatic carbocycles. The van der Waals surface area contributed by atoms with E-state index in [-0.39, 0.29) is 12.1 Å². The van der Waals surface area contributed by atoms with Gasteiger partial charge in [0.1, 0.15) is 0 Å². The summed E-state index contributed by atoms with van der Waals surface area (Å²) in [5.74, 6) is 0. The van der Waals surface area contributed by atoms with Crippen LogP contribution in [-0.2, 0) is 4.74 Å². The van der Waals surface area contributed by atoms with Crippen LogP contribution >= 0.6 is 0 Å². The molecule has 27 heavy (non-hydrogen) atoms. The van der Waals surface area contributed by atoms with E-state index < -0.39 is 0 Å². The second-order valence-corrected chi connectivity index (χ2v) is 7.41. The second-order valence-electron chi connectivity index (χ2n) is 7.41. The molecule has 1 aliphatic rings. The van der Waals surface area contributed by atoms with Crippen molar-refractivity contribution in [3.8, 4) is 0 Å². The van der Waals surface area contributed by atoms with Crippen molar-refractivity contribution in [2.45, 2.75) is 32.8 Å². The molecule has 2 heterocycles. The van der Waals surface area contributed by atoms with Crippen molar-refractivity contribution in [1.29, 1.82) is 0 Å². The van der Waals surface area contributed by atoms with Gasteiger partial charge in [0.25, 0.3) is 0 Å². The number of carbonyl (C=O) groups is 1. The number of carbonyl (C=O) groups excluding carboxylic acids is 1. The molecule has 3 rings (SSSR count). The van der Waals surface area contributed by atoms with Crippen molar-refractivity contribution in [3.63, 3.8) is 0 Å². The molecule has 1 atom stereocenters. The van der Waals surface area contributed by atoms with Gasteiger partial charge in [-0.05, 0) is 59.0 Å². The Kier molecular flexibility index (Phi) is 6.23. The fraction of sp³-hybridized carbons (Fsp3) is 0.550. The third-order valence-corrected chi connectivity index (χ3v) is 4.88. The van der Waals surface area contributed by atoms with Gasteiger partial charge >= 0.3 is 6.03 Å². The number of aryl methyl sites for hydroxylation is 2. The Labute approximate surface area is 160 Å². The summed E-state index contributed by atoms with van der Waals surface area (Å²) in [6.45, 7) is 6.76. The largest absolute Gasteiger partial charge is 0.376 e. The first-order valence-corrected chi connectivity index (χ1v) is 9.49. The van der Waals surface area contributed by atoms with Crippen LogP contribution in [0, 0.1) is 13.8 Å². The van der Waals surface area contributed by atoms with Gasteiger partial charge in [-0.25, -0.2) is 14.8 Å². The SMILES string of the molecule is Cc1nc2ccc(NC(=O)N(CCN(C)C)CC3CCCO3)cc2nc1C. The first-order chi connectivity index (χ1) is 12.9. The number of nitrogens with zero attached hydrogens (tertiary/aromatic N) is 4. The first-order valence-electron chi connectivity index (χ1n) is 9.49. The zero-order valence-corrected chi connectivity index (χ0v) is 16.7. The highest BCUT2D eigenvalue weighted by molar-refractivity contribution is 5.92. The van der Waals surface area contributed by atoms with E-state index in [0.717, 1.165) is 54.1 Å². The molecule has 0 bridgehead atoms. The number of ether oxygens (including phenoxy) is 1. The molecule has 146 valence electrons. The molecule has 7 nitrogen and oxygen atoms in total. The van der Waals surface area contributed by atoms with Crippen LogP contribution in [0.2, 0.25) is 0 Å². The van der Waals surface area contributed by atoms with Crippen molar-refractivity contribution in [2.75, 3.05) is 45.7 Å². The molecule has 1 aromatic heterocycles. The lowest BCUT2D eigenvalue weighted by Gasteiger charge is -2.27. The Morgan fingerprint density at radius 3 is 2.59 bits per heavy atom. The van der Waals surface area contributed by atoms with Crippen LogP contribution in [0.5, 0.6) is 0 Å². The summed E-state index contributed by atoms with van der Waals surface area (Å²) in [6.07, 6.45) is 2.21. The number of aromatic nitrogens is 2. The van der Waals surface area contributed by atoms with Gasteiger partial charge < -0.3 is 19.9 Å². The number of amides is 2. The van der Waals surface area contributed by atoms with Gasteiger partial charge in [-0.15, -0.1) is 0 Å². The molecule has 0 spiro atoms. The lowest BCUT2D eigenvalue weighted by Crippen LogP contribution is -2.43. The third-order valence-electron chi connectivity index (χ3n) is 4.88. The minimum atomic E-state index is -0.108. The van der Waals surface area contributed by atoms with E-state index >= 15 is 0 Å². The van der Waals surface area contributed by atoms with E-state index in [0.29, 0.717) is 13.1 Å². The normalized spacial score (nSPS) is 16.9. The first kappa shape index (κ1) is 19.5. The highest BCUT2D eigenvalue weighted by Crippen LogP contribution is 2.19. The molecule has 1 unspecified atom stereocenters. The minimum Gasteiger partial charge on any atom is -0.376 e. The summed E-state index contributed by atoms with van der Waals surface area (Å²) in [4.78, 5) is 25.9. The molecule has 1 saturated heterocycles. The maximum atomic E-state index is 12.9. The number of urea groups is 1. The molecular weight excluding hydrogens is 342 g/mol. The summed E-state index contributed by atoms with van der Waals surface area (Å²) in [5, 5.41) is 3.01. The van der Waals surface area contributed by atoms with Crippen LogP contribution in [0.4, 0.5) is 10.5 Å². The predicted octanol–water partition coefficient (Wildman–Crippen LogP) is 2.82. The van der Waals surface area contributed by atoms with E-state index in [4.69, 9.17) is 4.74 Å². The Bertz CT molecular complexity index is 802. The number of benzene rings is 1.